The zero-order valence-corrected chi connectivity index (χ0v) is 15.9. The Bertz CT molecular complexity index is 825. The Balaban J connectivity index is 1.67. The number of amides is 3. The van der Waals surface area contributed by atoms with E-state index < -0.39 is 0 Å². The van der Waals surface area contributed by atoms with E-state index in [4.69, 9.17) is 4.74 Å². The van der Waals surface area contributed by atoms with E-state index in [9.17, 15) is 9.59 Å². The van der Waals surface area contributed by atoms with E-state index >= 15 is 0 Å². The van der Waals surface area contributed by atoms with Crippen LogP contribution in [0, 0.1) is 13.8 Å². The number of carbonyl (C=O) groups is 2. The fraction of sp³-hybridized carbons (Fsp3) is 0.421. The van der Waals surface area contributed by atoms with Crippen molar-refractivity contribution in [2.45, 2.75) is 20.8 Å². The number of hydrogen-bond acceptors (Lipinski definition) is 4. The summed E-state index contributed by atoms with van der Waals surface area (Å²) in [4.78, 5) is 27.8. The van der Waals surface area contributed by atoms with Crippen LogP contribution in [0.3, 0.4) is 0 Å². The molecule has 0 saturated carbocycles. The molecule has 1 aromatic heterocycles. The maximum Gasteiger partial charge on any atom is 0.409 e. The zero-order chi connectivity index (χ0) is 19.4. The van der Waals surface area contributed by atoms with Crippen molar-refractivity contribution in [2.75, 3.05) is 38.1 Å². The van der Waals surface area contributed by atoms with Gasteiger partial charge in [0.2, 0.25) is 0 Å². The number of benzene rings is 1. The van der Waals surface area contributed by atoms with E-state index in [0.29, 0.717) is 38.5 Å². The van der Waals surface area contributed by atoms with Gasteiger partial charge in [-0.25, -0.2) is 14.3 Å². The minimum Gasteiger partial charge on any atom is -0.450 e. The second kappa shape index (κ2) is 8.11. The molecule has 0 radical (unpaired) electrons. The Hall–Kier alpha value is -3.03. The fourth-order valence-corrected chi connectivity index (χ4v) is 3.14. The number of aromatic nitrogens is 2. The van der Waals surface area contributed by atoms with E-state index in [1.165, 1.54) is 0 Å². The zero-order valence-electron chi connectivity index (χ0n) is 15.9. The van der Waals surface area contributed by atoms with E-state index in [1.807, 2.05) is 48.9 Å². The van der Waals surface area contributed by atoms with Crippen LogP contribution in [0.2, 0.25) is 0 Å². The lowest BCUT2D eigenvalue weighted by atomic mass is 10.2. The molecular formula is C19H25N5O3. The summed E-state index contributed by atoms with van der Waals surface area (Å²) in [7, 11) is 0. The lowest BCUT2D eigenvalue weighted by Gasteiger charge is -2.34. The number of nitrogens with one attached hydrogen (secondary N) is 1. The van der Waals surface area contributed by atoms with Gasteiger partial charge in [0, 0.05) is 31.9 Å². The van der Waals surface area contributed by atoms with Crippen molar-refractivity contribution in [2.24, 2.45) is 0 Å². The topological polar surface area (TPSA) is 79.7 Å². The molecule has 0 spiro atoms. The second-order valence-corrected chi connectivity index (χ2v) is 6.46. The average Bonchev–Trinajstić information content (AvgIpc) is 3.00. The normalized spacial score (nSPS) is 14.2. The van der Waals surface area contributed by atoms with Crippen molar-refractivity contribution in [3.8, 4) is 5.69 Å². The number of rotatable bonds is 3. The molecule has 3 amide bonds. The van der Waals surface area contributed by atoms with Crippen molar-refractivity contribution in [3.05, 3.63) is 41.7 Å². The summed E-state index contributed by atoms with van der Waals surface area (Å²) < 4.78 is 6.83. The summed E-state index contributed by atoms with van der Waals surface area (Å²) in [6.45, 7) is 7.90. The SMILES string of the molecule is CCOC(=O)N1CCN(C(=O)Nc2ccccc2-n2nc(C)cc2C)CC1. The van der Waals surface area contributed by atoms with Crippen molar-refractivity contribution in [3.63, 3.8) is 0 Å². The molecule has 1 saturated heterocycles. The molecule has 1 aromatic carbocycles. The van der Waals surface area contributed by atoms with E-state index in [0.717, 1.165) is 17.1 Å². The van der Waals surface area contributed by atoms with Gasteiger partial charge in [0.05, 0.1) is 23.7 Å². The van der Waals surface area contributed by atoms with E-state index in [1.54, 1.807) is 16.7 Å². The summed E-state index contributed by atoms with van der Waals surface area (Å²) in [5, 5.41) is 7.48. The summed E-state index contributed by atoms with van der Waals surface area (Å²) in [6, 6.07) is 9.38. The number of ether oxygens (including phenoxy) is 1. The Labute approximate surface area is 158 Å². The number of nitrogens with zero attached hydrogens (tertiary/aromatic N) is 4. The molecule has 8 nitrogen and oxygen atoms in total. The highest BCUT2D eigenvalue weighted by atomic mass is 16.6. The minimum absolute atomic E-state index is 0.188. The highest BCUT2D eigenvalue weighted by Crippen LogP contribution is 2.22. The minimum atomic E-state index is -0.326. The third kappa shape index (κ3) is 4.21. The van der Waals surface area contributed by atoms with Gasteiger partial charge in [-0.15, -0.1) is 0 Å². The van der Waals surface area contributed by atoms with Gasteiger partial charge in [0.25, 0.3) is 0 Å². The molecular weight excluding hydrogens is 346 g/mol. The van der Waals surface area contributed by atoms with Crippen molar-refractivity contribution in [1.29, 1.82) is 0 Å². The number of hydrogen-bond donors (Lipinski definition) is 1. The molecule has 1 N–H and O–H groups in total. The van der Waals surface area contributed by atoms with Crippen LogP contribution in [-0.2, 0) is 4.74 Å². The van der Waals surface area contributed by atoms with Gasteiger partial charge < -0.3 is 19.9 Å². The number of anilines is 1. The highest BCUT2D eigenvalue weighted by Gasteiger charge is 2.25. The maximum absolute atomic E-state index is 12.7. The summed E-state index contributed by atoms with van der Waals surface area (Å²) in [5.41, 5.74) is 3.43. The largest absolute Gasteiger partial charge is 0.450 e. The van der Waals surface area contributed by atoms with Gasteiger partial charge in [0.1, 0.15) is 0 Å². The van der Waals surface area contributed by atoms with E-state index in [2.05, 4.69) is 10.4 Å². The molecule has 1 aliphatic heterocycles. The Kier molecular flexibility index (Phi) is 5.63. The van der Waals surface area contributed by atoms with Crippen LogP contribution in [0.25, 0.3) is 5.69 Å². The van der Waals surface area contributed by atoms with E-state index in [-0.39, 0.29) is 12.1 Å². The predicted octanol–water partition coefficient (Wildman–Crippen LogP) is 2.80. The van der Waals surface area contributed by atoms with Gasteiger partial charge in [-0.2, -0.15) is 5.10 Å². The van der Waals surface area contributed by atoms with Crippen LogP contribution in [0.4, 0.5) is 15.3 Å². The van der Waals surface area contributed by atoms with Gasteiger partial charge in [-0.1, -0.05) is 12.1 Å². The summed E-state index contributed by atoms with van der Waals surface area (Å²) in [5.74, 6) is 0. The average molecular weight is 371 g/mol. The number of carbonyl (C=O) groups excluding carboxylic acids is 2. The van der Waals surface area contributed by atoms with Crippen molar-refractivity contribution >= 4 is 17.8 Å². The Morgan fingerprint density at radius 2 is 1.78 bits per heavy atom. The van der Waals surface area contributed by atoms with Crippen LogP contribution in [0.5, 0.6) is 0 Å². The molecule has 0 bridgehead atoms. The van der Waals surface area contributed by atoms with Crippen LogP contribution >= 0.6 is 0 Å². The second-order valence-electron chi connectivity index (χ2n) is 6.46. The van der Waals surface area contributed by atoms with Gasteiger partial charge >= 0.3 is 12.1 Å². The smallest absolute Gasteiger partial charge is 0.409 e. The third-order valence-corrected chi connectivity index (χ3v) is 4.48. The van der Waals surface area contributed by atoms with Crippen LogP contribution in [0.15, 0.2) is 30.3 Å². The summed E-state index contributed by atoms with van der Waals surface area (Å²) in [6.07, 6.45) is -0.326. The number of piperazine rings is 1. The molecule has 0 aliphatic carbocycles. The van der Waals surface area contributed by atoms with Gasteiger partial charge in [0.15, 0.2) is 0 Å². The first-order valence-corrected chi connectivity index (χ1v) is 9.10. The molecule has 0 unspecified atom stereocenters. The molecule has 0 atom stereocenters. The first kappa shape index (κ1) is 18.8. The van der Waals surface area contributed by atoms with Crippen molar-refractivity contribution in [1.82, 2.24) is 19.6 Å². The molecule has 2 heterocycles. The lowest BCUT2D eigenvalue weighted by Crippen LogP contribution is -2.51. The van der Waals surface area contributed by atoms with Crippen LogP contribution in [-0.4, -0.2) is 64.5 Å². The molecule has 1 fully saturated rings. The van der Waals surface area contributed by atoms with Gasteiger partial charge in [-0.3, -0.25) is 0 Å². The highest BCUT2D eigenvalue weighted by molar-refractivity contribution is 5.91. The monoisotopic (exact) mass is 371 g/mol. The van der Waals surface area contributed by atoms with Gasteiger partial charge in [-0.05, 0) is 39.0 Å². The van der Waals surface area contributed by atoms with Crippen LogP contribution in [0.1, 0.15) is 18.3 Å². The van der Waals surface area contributed by atoms with Crippen molar-refractivity contribution < 1.29 is 14.3 Å². The molecule has 3 rings (SSSR count). The molecule has 27 heavy (non-hydrogen) atoms. The molecule has 8 heteroatoms. The lowest BCUT2D eigenvalue weighted by molar-refractivity contribution is 0.0868. The Morgan fingerprint density at radius 1 is 1.11 bits per heavy atom. The predicted molar refractivity (Wildman–Crippen MR) is 102 cm³/mol. The third-order valence-electron chi connectivity index (χ3n) is 4.48. The Morgan fingerprint density at radius 3 is 2.41 bits per heavy atom. The number of urea groups is 1. The molecule has 2 aromatic rings. The van der Waals surface area contributed by atoms with Crippen LogP contribution < -0.4 is 5.32 Å². The summed E-state index contributed by atoms with van der Waals surface area (Å²) >= 11 is 0. The number of para-hydroxylation sites is 2. The number of aryl methyl sites for hydroxylation is 2. The molecule has 1 aliphatic rings. The fourth-order valence-electron chi connectivity index (χ4n) is 3.14. The molecule has 144 valence electrons. The first-order chi connectivity index (χ1) is 13.0. The standard InChI is InChI=1S/C19H25N5O3/c1-4-27-19(26)23-11-9-22(10-12-23)18(25)20-16-7-5-6-8-17(16)24-15(3)13-14(2)21-24/h5-8,13H,4,9-12H2,1-3H3,(H,20,25). The quantitative estimate of drug-likeness (QED) is 0.900. The first-order valence-electron chi connectivity index (χ1n) is 9.10. The maximum atomic E-state index is 12.7.